The van der Waals surface area contributed by atoms with E-state index in [1.54, 1.807) is 0 Å². The van der Waals surface area contributed by atoms with Crippen LogP contribution in [0.15, 0.2) is 12.2 Å². The van der Waals surface area contributed by atoms with Crippen LogP contribution in [0.25, 0.3) is 0 Å². The Hall–Kier alpha value is -1.29. The molecular weight excluding hydrogens is 146 g/mol. The molecule has 58 valence electrons. The number of allylic oxidation sites excluding steroid dienone is 1. The minimum Gasteiger partial charge on any atom is -0.367 e. The van der Waals surface area contributed by atoms with Crippen molar-refractivity contribution in [2.75, 3.05) is 7.11 Å². The number of carbonyl (C=O) groups excluding carboxylic acids is 2. The monoisotopic (exact) mass is 153 g/mol. The van der Waals surface area contributed by atoms with E-state index in [0.29, 0.717) is 0 Å². The standard InChI is InChI=1S/C7H7NO3/c1-11-7-5(10)3-2-4(9)6(7)8/h2-3,7-8H,1H3. The van der Waals surface area contributed by atoms with Gasteiger partial charge in [0.15, 0.2) is 11.9 Å². The van der Waals surface area contributed by atoms with Gasteiger partial charge in [-0.1, -0.05) is 0 Å². The molecule has 0 saturated carbocycles. The van der Waals surface area contributed by atoms with Crippen LogP contribution in [0.2, 0.25) is 0 Å². The molecule has 0 amide bonds. The van der Waals surface area contributed by atoms with Gasteiger partial charge in [-0.25, -0.2) is 0 Å². The minimum absolute atomic E-state index is 0.292. The van der Waals surface area contributed by atoms with E-state index >= 15 is 0 Å². The third kappa shape index (κ3) is 1.25. The van der Waals surface area contributed by atoms with Crippen molar-refractivity contribution in [3.8, 4) is 0 Å². The molecule has 1 rings (SSSR count). The summed E-state index contributed by atoms with van der Waals surface area (Å²) in [6.45, 7) is 0. The molecule has 1 atom stereocenters. The van der Waals surface area contributed by atoms with E-state index < -0.39 is 11.9 Å². The summed E-state index contributed by atoms with van der Waals surface area (Å²) >= 11 is 0. The summed E-state index contributed by atoms with van der Waals surface area (Å²) in [6.07, 6.45) is 1.22. The van der Waals surface area contributed by atoms with Crippen LogP contribution in [0.4, 0.5) is 0 Å². The summed E-state index contributed by atoms with van der Waals surface area (Å²) in [4.78, 5) is 21.6. The average Bonchev–Trinajstić information content (AvgIpc) is 1.99. The largest absolute Gasteiger partial charge is 0.367 e. The minimum atomic E-state index is -0.993. The van der Waals surface area contributed by atoms with E-state index in [4.69, 9.17) is 5.41 Å². The maximum atomic E-state index is 10.9. The third-order valence-corrected chi connectivity index (χ3v) is 1.42. The summed E-state index contributed by atoms with van der Waals surface area (Å²) < 4.78 is 4.64. The van der Waals surface area contributed by atoms with E-state index in [0.717, 1.165) is 12.2 Å². The SMILES string of the molecule is COC1C(=N)C(=O)C=CC1=O. The van der Waals surface area contributed by atoms with Crippen molar-refractivity contribution >= 4 is 17.3 Å². The third-order valence-electron chi connectivity index (χ3n) is 1.42. The maximum absolute atomic E-state index is 10.9. The van der Waals surface area contributed by atoms with Crippen LogP contribution < -0.4 is 0 Å². The Labute approximate surface area is 63.4 Å². The van der Waals surface area contributed by atoms with Crippen molar-refractivity contribution < 1.29 is 14.3 Å². The lowest BCUT2D eigenvalue weighted by Gasteiger charge is -2.14. The van der Waals surface area contributed by atoms with Crippen molar-refractivity contribution in [2.24, 2.45) is 0 Å². The number of rotatable bonds is 1. The molecule has 1 aliphatic carbocycles. The summed E-state index contributed by atoms with van der Waals surface area (Å²) in [5, 5.41) is 7.14. The highest BCUT2D eigenvalue weighted by Gasteiger charge is 2.28. The topological polar surface area (TPSA) is 67.2 Å². The number of ketones is 2. The van der Waals surface area contributed by atoms with Crippen LogP contribution >= 0.6 is 0 Å². The van der Waals surface area contributed by atoms with Crippen molar-refractivity contribution in [3.05, 3.63) is 12.2 Å². The Morgan fingerprint density at radius 1 is 1.45 bits per heavy atom. The second kappa shape index (κ2) is 2.75. The first kappa shape index (κ1) is 7.81. The zero-order valence-corrected chi connectivity index (χ0v) is 5.96. The lowest BCUT2D eigenvalue weighted by molar-refractivity contribution is -0.122. The van der Waals surface area contributed by atoms with Gasteiger partial charge in [0.25, 0.3) is 0 Å². The van der Waals surface area contributed by atoms with Crippen LogP contribution in [0.1, 0.15) is 0 Å². The van der Waals surface area contributed by atoms with Gasteiger partial charge in [0.05, 0.1) is 0 Å². The number of methoxy groups -OCH3 is 1. The lowest BCUT2D eigenvalue weighted by atomic mass is 10.00. The predicted octanol–water partition coefficient (Wildman–Crippen LogP) is -0.271. The molecule has 0 spiro atoms. The molecule has 1 aliphatic rings. The van der Waals surface area contributed by atoms with Gasteiger partial charge in [0.2, 0.25) is 5.78 Å². The van der Waals surface area contributed by atoms with Crippen LogP contribution in [0.5, 0.6) is 0 Å². The summed E-state index contributed by atoms with van der Waals surface area (Å²) in [7, 11) is 1.30. The van der Waals surface area contributed by atoms with Crippen LogP contribution in [0, 0.1) is 5.41 Å². The highest BCUT2D eigenvalue weighted by molar-refractivity contribution is 6.50. The Balaban J connectivity index is 2.96. The van der Waals surface area contributed by atoms with E-state index in [9.17, 15) is 9.59 Å². The molecule has 1 N–H and O–H groups in total. The first-order valence-electron chi connectivity index (χ1n) is 3.04. The molecule has 4 heteroatoms. The molecule has 0 aromatic heterocycles. The zero-order chi connectivity index (χ0) is 8.43. The molecule has 4 nitrogen and oxygen atoms in total. The number of hydrogen-bond donors (Lipinski definition) is 1. The molecule has 0 radical (unpaired) electrons. The van der Waals surface area contributed by atoms with Gasteiger partial charge in [-0.3, -0.25) is 15.0 Å². The molecule has 0 aromatic carbocycles. The number of hydrogen-bond acceptors (Lipinski definition) is 4. The molecule has 0 aliphatic heterocycles. The molecule has 1 unspecified atom stereocenters. The lowest BCUT2D eigenvalue weighted by Crippen LogP contribution is -2.38. The average molecular weight is 153 g/mol. The van der Waals surface area contributed by atoms with E-state index in [1.807, 2.05) is 0 Å². The van der Waals surface area contributed by atoms with Crippen molar-refractivity contribution in [3.63, 3.8) is 0 Å². The van der Waals surface area contributed by atoms with Crippen molar-refractivity contribution in [1.82, 2.24) is 0 Å². The highest BCUT2D eigenvalue weighted by atomic mass is 16.5. The fraction of sp³-hybridized carbons (Fsp3) is 0.286. The van der Waals surface area contributed by atoms with Gasteiger partial charge in [0.1, 0.15) is 5.71 Å². The van der Waals surface area contributed by atoms with Gasteiger partial charge in [-0.05, 0) is 12.2 Å². The van der Waals surface area contributed by atoms with E-state index in [-0.39, 0.29) is 11.5 Å². The summed E-state index contributed by atoms with van der Waals surface area (Å²) in [5.74, 6) is -0.812. The number of carbonyl (C=O) groups is 2. The molecule has 11 heavy (non-hydrogen) atoms. The first-order valence-corrected chi connectivity index (χ1v) is 3.04. The predicted molar refractivity (Wildman–Crippen MR) is 37.7 cm³/mol. The van der Waals surface area contributed by atoms with E-state index in [2.05, 4.69) is 4.74 Å². The fourth-order valence-corrected chi connectivity index (χ4v) is 0.840. The van der Waals surface area contributed by atoms with E-state index in [1.165, 1.54) is 7.11 Å². The van der Waals surface area contributed by atoms with Gasteiger partial charge < -0.3 is 4.74 Å². The van der Waals surface area contributed by atoms with Crippen molar-refractivity contribution in [2.45, 2.75) is 6.10 Å². The van der Waals surface area contributed by atoms with Gasteiger partial charge in [-0.15, -0.1) is 0 Å². The molecule has 0 aromatic rings. The summed E-state index contributed by atoms with van der Waals surface area (Å²) in [5.41, 5.74) is -0.292. The van der Waals surface area contributed by atoms with Gasteiger partial charge in [-0.2, -0.15) is 0 Å². The van der Waals surface area contributed by atoms with Crippen molar-refractivity contribution in [1.29, 1.82) is 5.41 Å². The van der Waals surface area contributed by atoms with Gasteiger partial charge >= 0.3 is 0 Å². The first-order chi connectivity index (χ1) is 5.16. The second-order valence-electron chi connectivity index (χ2n) is 2.13. The molecule has 0 saturated heterocycles. The van der Waals surface area contributed by atoms with Crippen LogP contribution in [0.3, 0.4) is 0 Å². The molecule has 0 bridgehead atoms. The quantitative estimate of drug-likeness (QED) is 0.563. The Morgan fingerprint density at radius 3 is 2.55 bits per heavy atom. The fourth-order valence-electron chi connectivity index (χ4n) is 0.840. The Kier molecular flexibility index (Phi) is 1.96. The number of ether oxygens (including phenoxy) is 1. The second-order valence-corrected chi connectivity index (χ2v) is 2.13. The molecular formula is C7H7NO3. The number of nitrogens with one attached hydrogen (secondary N) is 1. The van der Waals surface area contributed by atoms with Crippen LogP contribution in [-0.2, 0) is 14.3 Å². The van der Waals surface area contributed by atoms with Gasteiger partial charge in [0, 0.05) is 7.11 Å². The zero-order valence-electron chi connectivity index (χ0n) is 5.96. The molecule has 0 fully saturated rings. The Morgan fingerprint density at radius 2 is 2.09 bits per heavy atom. The Bertz CT molecular complexity index is 254. The molecule has 0 heterocycles. The summed E-state index contributed by atoms with van der Waals surface area (Å²) in [6, 6.07) is 0. The van der Waals surface area contributed by atoms with Crippen LogP contribution in [-0.4, -0.2) is 30.5 Å². The highest BCUT2D eigenvalue weighted by Crippen LogP contribution is 2.03. The maximum Gasteiger partial charge on any atom is 0.202 e. The normalized spacial score (nSPS) is 24.5. The smallest absolute Gasteiger partial charge is 0.202 e.